The van der Waals surface area contributed by atoms with Crippen LogP contribution >= 0.6 is 31.9 Å². The summed E-state index contributed by atoms with van der Waals surface area (Å²) in [5, 5.41) is 17.3. The van der Waals surface area contributed by atoms with Gasteiger partial charge in [0.05, 0.1) is 6.04 Å². The topological polar surface area (TPSA) is 94.0 Å². The number of likely N-dealkylation sites (N-methyl/N-ethyl adjacent to an activating group) is 1. The summed E-state index contributed by atoms with van der Waals surface area (Å²) in [6.45, 7) is 8.13. The molecule has 1 N–H and O–H groups in total. The van der Waals surface area contributed by atoms with Crippen molar-refractivity contribution in [3.05, 3.63) is 118 Å². The molecule has 2 heterocycles. The average Bonchev–Trinajstić information content (AvgIpc) is 3.49. The molecule has 2 aromatic carbocycles. The monoisotopic (exact) mass is 661 g/mol. The lowest BCUT2D eigenvalue weighted by molar-refractivity contribution is 0.180. The molecule has 4 aromatic rings. The van der Waals surface area contributed by atoms with E-state index in [1.807, 2.05) is 79.7 Å². The summed E-state index contributed by atoms with van der Waals surface area (Å²) >= 11 is 6.76. The molecule has 8 nitrogen and oxygen atoms in total. The maximum absolute atomic E-state index is 9.57. The molecule has 0 radical (unpaired) electrons. The fraction of sp³-hybridized carbons (Fsp3) is 0.241. The highest BCUT2D eigenvalue weighted by Crippen LogP contribution is 2.35. The van der Waals surface area contributed by atoms with Gasteiger partial charge in [0.15, 0.2) is 11.5 Å². The Hall–Kier alpha value is -3.18. The van der Waals surface area contributed by atoms with E-state index >= 15 is 0 Å². The number of aromatic nitrogens is 2. The van der Waals surface area contributed by atoms with Crippen molar-refractivity contribution in [2.75, 3.05) is 14.1 Å². The van der Waals surface area contributed by atoms with E-state index in [9.17, 15) is 5.11 Å². The molecule has 0 spiro atoms. The van der Waals surface area contributed by atoms with E-state index in [4.69, 9.17) is 18.5 Å². The van der Waals surface area contributed by atoms with Crippen molar-refractivity contribution >= 4 is 31.9 Å². The summed E-state index contributed by atoms with van der Waals surface area (Å²) in [6.07, 6.45) is 2.25. The first-order chi connectivity index (χ1) is 18.3. The second-order valence-electron chi connectivity index (χ2n) is 8.21. The number of hydrogen-bond acceptors (Lipinski definition) is 8. The largest absolute Gasteiger partial charge is 0.470 e. The molecular weight excluding hydrogens is 630 g/mol. The van der Waals surface area contributed by atoms with Crippen LogP contribution in [-0.4, -0.2) is 34.4 Å². The zero-order valence-electron chi connectivity index (χ0n) is 21.1. The maximum atomic E-state index is 9.57. The van der Waals surface area contributed by atoms with E-state index in [0.717, 1.165) is 15.6 Å². The summed E-state index contributed by atoms with van der Waals surface area (Å²) in [7, 11) is 3.90. The van der Waals surface area contributed by atoms with Gasteiger partial charge >= 0.3 is 0 Å². The third kappa shape index (κ3) is 8.93. The van der Waals surface area contributed by atoms with Crippen LogP contribution in [0.1, 0.15) is 42.2 Å². The lowest BCUT2D eigenvalue weighted by atomic mass is 10.2. The number of ether oxygens (including phenoxy) is 2. The van der Waals surface area contributed by atoms with Crippen LogP contribution < -0.4 is 9.47 Å². The second kappa shape index (κ2) is 16.0. The van der Waals surface area contributed by atoms with Crippen LogP contribution in [-0.2, 0) is 13.2 Å². The van der Waals surface area contributed by atoms with Gasteiger partial charge in [-0.15, -0.1) is 13.2 Å². The molecule has 0 aliphatic rings. The van der Waals surface area contributed by atoms with Crippen molar-refractivity contribution in [2.45, 2.75) is 32.8 Å². The molecule has 2 atom stereocenters. The molecular formula is C29H33Br2N3O5. The van der Waals surface area contributed by atoms with Gasteiger partial charge in [0.25, 0.3) is 11.8 Å². The Morgan fingerprint density at radius 3 is 1.67 bits per heavy atom. The molecule has 0 saturated carbocycles. The van der Waals surface area contributed by atoms with Crippen molar-refractivity contribution in [2.24, 2.45) is 0 Å². The summed E-state index contributed by atoms with van der Waals surface area (Å²) < 4.78 is 22.8. The third-order valence-corrected chi connectivity index (χ3v) is 6.70. The van der Waals surface area contributed by atoms with Gasteiger partial charge in [-0.25, -0.2) is 0 Å². The zero-order valence-corrected chi connectivity index (χ0v) is 24.3. The number of hydrogen-bond donors (Lipinski definition) is 1. The van der Waals surface area contributed by atoms with Gasteiger partial charge in [0, 0.05) is 0 Å². The number of benzene rings is 2. The Morgan fingerprint density at radius 2 is 1.26 bits per heavy atom. The Labute approximate surface area is 246 Å². The average molecular weight is 663 g/mol. The molecule has 10 heteroatoms. The summed E-state index contributed by atoms with van der Waals surface area (Å²) in [6, 6.07) is 19.6. The van der Waals surface area contributed by atoms with Crippen LogP contribution in [0.15, 0.2) is 104 Å². The highest BCUT2D eigenvalue weighted by atomic mass is 79.9. The zero-order chi connectivity index (χ0) is 27.5. The predicted molar refractivity (Wildman–Crippen MR) is 158 cm³/mol. The quantitative estimate of drug-likeness (QED) is 0.164. The van der Waals surface area contributed by atoms with Gasteiger partial charge in [-0.3, -0.25) is 4.90 Å². The smallest absolute Gasteiger partial charge is 0.269 e. The highest BCUT2D eigenvalue weighted by molar-refractivity contribution is 9.11. The Balaban J connectivity index is 0.000000268. The van der Waals surface area contributed by atoms with E-state index in [1.54, 1.807) is 6.08 Å². The molecule has 0 fully saturated rings. The lowest BCUT2D eigenvalue weighted by Crippen LogP contribution is -2.17. The first-order valence-electron chi connectivity index (χ1n) is 11.6. The van der Waals surface area contributed by atoms with Gasteiger partial charge in [-0.05, 0) is 67.4 Å². The van der Waals surface area contributed by atoms with Gasteiger partial charge in [0.1, 0.15) is 28.3 Å². The minimum absolute atomic E-state index is 0. The standard InChI is InChI=1S/C15H17BrN2O2.C13H12BrNO3.CH4/c1-4-12(18(2)3)14-13(16)15(17-20-14)19-10-11-8-6-5-7-9-11;1-2-10(16)12-11(14)13(15-18-12)17-8-9-6-4-3-5-7-9;/h4-9,12H,1,10H2,2-3H3;2-7,10,16H,1,8H2;1H4/t12-;10-;/m01./s1. The van der Waals surface area contributed by atoms with Crippen molar-refractivity contribution < 1.29 is 23.6 Å². The van der Waals surface area contributed by atoms with Crippen LogP contribution in [0.2, 0.25) is 0 Å². The molecule has 4 rings (SSSR count). The van der Waals surface area contributed by atoms with E-state index in [-0.39, 0.29) is 19.2 Å². The fourth-order valence-corrected chi connectivity index (χ4v) is 4.20. The lowest BCUT2D eigenvalue weighted by Gasteiger charge is -2.17. The van der Waals surface area contributed by atoms with Crippen molar-refractivity contribution in [3.8, 4) is 11.8 Å². The molecule has 0 bridgehead atoms. The van der Waals surface area contributed by atoms with Gasteiger partial charge < -0.3 is 23.6 Å². The van der Waals surface area contributed by atoms with E-state index in [0.29, 0.717) is 35.2 Å². The SMILES string of the molecule is C.C=C[C@@H](O)c1onc(OCc2ccccc2)c1Br.C=C[C@@H](c1onc(OCc2ccccc2)c1Br)N(C)C. The molecule has 39 heavy (non-hydrogen) atoms. The van der Waals surface area contributed by atoms with E-state index in [2.05, 4.69) is 55.3 Å². The minimum atomic E-state index is -0.902. The van der Waals surface area contributed by atoms with Crippen LogP contribution in [0, 0.1) is 0 Å². The summed E-state index contributed by atoms with van der Waals surface area (Å²) in [5.41, 5.74) is 2.11. The number of aliphatic hydroxyl groups is 1. The second-order valence-corrected chi connectivity index (χ2v) is 9.79. The van der Waals surface area contributed by atoms with Crippen LogP contribution in [0.25, 0.3) is 0 Å². The van der Waals surface area contributed by atoms with Crippen molar-refractivity contribution in [3.63, 3.8) is 0 Å². The minimum Gasteiger partial charge on any atom is -0.470 e. The first kappa shape index (κ1) is 32.0. The van der Waals surface area contributed by atoms with E-state index in [1.165, 1.54) is 6.08 Å². The Morgan fingerprint density at radius 1 is 0.821 bits per heavy atom. The number of nitrogens with zero attached hydrogens (tertiary/aromatic N) is 3. The van der Waals surface area contributed by atoms with E-state index < -0.39 is 6.10 Å². The first-order valence-corrected chi connectivity index (χ1v) is 13.2. The van der Waals surface area contributed by atoms with Gasteiger partial charge in [-0.1, -0.05) is 80.2 Å². The molecule has 0 amide bonds. The number of rotatable bonds is 11. The fourth-order valence-electron chi connectivity index (χ4n) is 3.21. The van der Waals surface area contributed by atoms with Crippen molar-refractivity contribution in [1.29, 1.82) is 0 Å². The number of aliphatic hydroxyl groups excluding tert-OH is 1. The molecule has 0 aliphatic carbocycles. The van der Waals surface area contributed by atoms with Crippen LogP contribution in [0.3, 0.4) is 0 Å². The Bertz CT molecular complexity index is 1290. The summed E-state index contributed by atoms with van der Waals surface area (Å²) in [5.74, 6) is 1.74. The predicted octanol–water partition coefficient (Wildman–Crippen LogP) is 7.68. The Kier molecular flexibility index (Phi) is 13.2. The van der Waals surface area contributed by atoms with Gasteiger partial charge in [-0.2, -0.15) is 0 Å². The normalized spacial score (nSPS) is 11.9. The highest BCUT2D eigenvalue weighted by Gasteiger charge is 2.23. The molecule has 0 unspecified atom stereocenters. The number of halogens is 2. The van der Waals surface area contributed by atoms with Crippen molar-refractivity contribution in [1.82, 2.24) is 15.2 Å². The molecule has 2 aromatic heterocycles. The van der Waals surface area contributed by atoms with Crippen LogP contribution in [0.5, 0.6) is 11.8 Å². The third-order valence-electron chi connectivity index (χ3n) is 5.24. The molecule has 0 aliphatic heterocycles. The summed E-state index contributed by atoms with van der Waals surface area (Å²) in [4.78, 5) is 1.99. The molecule has 208 valence electrons. The molecule has 0 saturated heterocycles. The van der Waals surface area contributed by atoms with Gasteiger partial charge in [0.2, 0.25) is 0 Å². The van der Waals surface area contributed by atoms with Crippen LogP contribution in [0.4, 0.5) is 0 Å². The maximum Gasteiger partial charge on any atom is 0.269 e.